The van der Waals surface area contributed by atoms with Gasteiger partial charge in [-0.25, -0.2) is 4.39 Å². The van der Waals surface area contributed by atoms with E-state index in [1.54, 1.807) is 12.2 Å². The fourth-order valence-corrected chi connectivity index (χ4v) is 2.65. The van der Waals surface area contributed by atoms with E-state index in [1.807, 2.05) is 36.4 Å². The minimum atomic E-state index is -1.26. The average molecular weight is 272 g/mol. The molecule has 0 aliphatic carbocycles. The highest BCUT2D eigenvalue weighted by atomic mass is 19.1. The number of hydrogen-bond acceptors (Lipinski definition) is 2. The van der Waals surface area contributed by atoms with Crippen molar-refractivity contribution in [1.29, 1.82) is 0 Å². The van der Waals surface area contributed by atoms with Crippen LogP contribution in [0.3, 0.4) is 0 Å². The lowest BCUT2D eigenvalue weighted by Crippen LogP contribution is -2.63. The summed E-state index contributed by atoms with van der Waals surface area (Å²) >= 11 is 0. The molecule has 0 bridgehead atoms. The number of hydrogen-bond donors (Lipinski definition) is 1. The molecule has 1 aliphatic rings. The van der Waals surface area contributed by atoms with E-state index < -0.39 is 5.67 Å². The van der Waals surface area contributed by atoms with Crippen LogP contribution in [0.15, 0.2) is 67.3 Å². The Labute approximate surface area is 120 Å². The van der Waals surface area contributed by atoms with Crippen molar-refractivity contribution in [3.63, 3.8) is 0 Å². The topological polar surface area (TPSA) is 29.3 Å². The summed E-state index contributed by atoms with van der Waals surface area (Å²) in [7, 11) is 0. The molecular weight excluding hydrogens is 251 g/mol. The third kappa shape index (κ3) is 2.89. The Morgan fingerprint density at radius 2 is 2.00 bits per heavy atom. The summed E-state index contributed by atoms with van der Waals surface area (Å²) in [4.78, 5) is 2.08. The van der Waals surface area contributed by atoms with Crippen LogP contribution >= 0.6 is 0 Å². The third-order valence-corrected chi connectivity index (χ3v) is 3.68. The highest BCUT2D eigenvalue weighted by Crippen LogP contribution is 2.37. The Morgan fingerprint density at radius 1 is 1.35 bits per heavy atom. The predicted molar refractivity (Wildman–Crippen MR) is 82.1 cm³/mol. The molecule has 1 unspecified atom stereocenters. The molecule has 20 heavy (non-hydrogen) atoms. The molecule has 1 fully saturated rings. The molecule has 1 heterocycles. The number of rotatable bonds is 6. The molecule has 1 saturated heterocycles. The first-order chi connectivity index (χ1) is 9.63. The normalized spacial score (nSPS) is 20.0. The van der Waals surface area contributed by atoms with Crippen LogP contribution in [0.1, 0.15) is 11.6 Å². The van der Waals surface area contributed by atoms with Crippen molar-refractivity contribution in [2.75, 3.05) is 19.6 Å². The van der Waals surface area contributed by atoms with Crippen molar-refractivity contribution in [2.45, 2.75) is 11.7 Å². The van der Waals surface area contributed by atoms with Crippen LogP contribution in [0, 0.1) is 0 Å². The van der Waals surface area contributed by atoms with Gasteiger partial charge in [-0.15, -0.1) is 0 Å². The molecule has 3 heteroatoms. The first-order valence-corrected chi connectivity index (χ1v) is 6.76. The van der Waals surface area contributed by atoms with E-state index in [2.05, 4.69) is 18.1 Å². The molecule has 0 saturated carbocycles. The lowest BCUT2D eigenvalue weighted by molar-refractivity contribution is -0.0428. The molecule has 106 valence electrons. The molecule has 0 amide bonds. The van der Waals surface area contributed by atoms with Gasteiger partial charge < -0.3 is 5.73 Å². The van der Waals surface area contributed by atoms with Gasteiger partial charge in [-0.05, 0) is 11.1 Å². The average Bonchev–Trinajstić information content (AvgIpc) is 2.45. The summed E-state index contributed by atoms with van der Waals surface area (Å²) in [5.74, 6) is 0. The smallest absolute Gasteiger partial charge is 0.148 e. The van der Waals surface area contributed by atoms with Gasteiger partial charge in [-0.2, -0.15) is 0 Å². The van der Waals surface area contributed by atoms with Crippen molar-refractivity contribution < 1.29 is 4.39 Å². The molecular formula is C17H21FN2. The van der Waals surface area contributed by atoms with Crippen molar-refractivity contribution in [1.82, 2.24) is 4.90 Å². The van der Waals surface area contributed by atoms with Gasteiger partial charge in [-0.3, -0.25) is 4.90 Å². The van der Waals surface area contributed by atoms with Gasteiger partial charge in [0, 0.05) is 19.6 Å². The van der Waals surface area contributed by atoms with E-state index >= 15 is 0 Å². The summed E-state index contributed by atoms with van der Waals surface area (Å²) in [5, 5.41) is 0. The highest BCUT2D eigenvalue weighted by Gasteiger charge is 2.45. The zero-order chi connectivity index (χ0) is 14.6. The predicted octanol–water partition coefficient (Wildman–Crippen LogP) is 3.01. The van der Waals surface area contributed by atoms with Crippen LogP contribution in [0.2, 0.25) is 0 Å². The van der Waals surface area contributed by atoms with Crippen LogP contribution in [0.5, 0.6) is 0 Å². The molecule has 0 spiro atoms. The highest BCUT2D eigenvalue weighted by molar-refractivity contribution is 5.36. The Balaban J connectivity index is 2.29. The first kappa shape index (κ1) is 14.7. The lowest BCUT2D eigenvalue weighted by atomic mass is 9.88. The Kier molecular flexibility index (Phi) is 4.53. The number of nitrogens with zero attached hydrogens (tertiary/aromatic N) is 1. The summed E-state index contributed by atoms with van der Waals surface area (Å²) < 4.78 is 14.1. The van der Waals surface area contributed by atoms with E-state index in [0.717, 1.165) is 11.1 Å². The monoisotopic (exact) mass is 272 g/mol. The minimum absolute atomic E-state index is 0.00197. The van der Waals surface area contributed by atoms with Gasteiger partial charge in [0.05, 0.1) is 6.04 Å². The zero-order valence-electron chi connectivity index (χ0n) is 11.6. The Morgan fingerprint density at radius 3 is 2.50 bits per heavy atom. The molecule has 2 nitrogen and oxygen atoms in total. The first-order valence-electron chi connectivity index (χ1n) is 6.76. The summed E-state index contributed by atoms with van der Waals surface area (Å²) in [6.45, 7) is 8.37. The fraction of sp³-hybridized carbons (Fsp3) is 0.294. The number of likely N-dealkylation sites (tertiary alicyclic amines) is 1. The third-order valence-electron chi connectivity index (χ3n) is 3.68. The van der Waals surface area contributed by atoms with E-state index in [9.17, 15) is 4.39 Å². The molecule has 0 radical (unpaired) electrons. The molecule has 1 aliphatic heterocycles. The summed E-state index contributed by atoms with van der Waals surface area (Å²) in [6, 6.07) is 10.0. The van der Waals surface area contributed by atoms with Crippen molar-refractivity contribution in [2.24, 2.45) is 5.73 Å². The maximum Gasteiger partial charge on any atom is 0.148 e. The second kappa shape index (κ2) is 6.16. The van der Waals surface area contributed by atoms with E-state index in [1.165, 1.54) is 0 Å². The largest absolute Gasteiger partial charge is 0.327 e. The van der Waals surface area contributed by atoms with Crippen LogP contribution in [-0.2, 0) is 0 Å². The molecule has 1 aromatic carbocycles. The molecule has 2 rings (SSSR count). The van der Waals surface area contributed by atoms with Gasteiger partial charge >= 0.3 is 0 Å². The second-order valence-electron chi connectivity index (χ2n) is 5.18. The van der Waals surface area contributed by atoms with Gasteiger partial charge in [-0.1, -0.05) is 61.7 Å². The standard InChI is InChI=1S/C17H21FN2/c1-3-8-14(4-2)16(15-9-6-5-7-10-15)20-12-17(18,11-19)13-20/h3-10,16H,1-2,11-13,19H2/b14-8+. The molecule has 1 aromatic rings. The summed E-state index contributed by atoms with van der Waals surface area (Å²) in [5.41, 5.74) is 6.37. The van der Waals surface area contributed by atoms with Gasteiger partial charge in [0.15, 0.2) is 0 Å². The van der Waals surface area contributed by atoms with Crippen molar-refractivity contribution in [3.8, 4) is 0 Å². The van der Waals surface area contributed by atoms with Gasteiger partial charge in [0.25, 0.3) is 0 Å². The van der Waals surface area contributed by atoms with Crippen LogP contribution in [-0.4, -0.2) is 30.2 Å². The number of halogens is 1. The zero-order valence-corrected chi connectivity index (χ0v) is 11.6. The van der Waals surface area contributed by atoms with E-state index in [0.29, 0.717) is 13.1 Å². The van der Waals surface area contributed by atoms with E-state index in [4.69, 9.17) is 5.73 Å². The molecule has 1 atom stereocenters. The summed E-state index contributed by atoms with van der Waals surface area (Å²) in [6.07, 6.45) is 5.46. The quantitative estimate of drug-likeness (QED) is 0.807. The number of nitrogens with two attached hydrogens (primary N) is 1. The van der Waals surface area contributed by atoms with Gasteiger partial charge in [0.2, 0.25) is 0 Å². The van der Waals surface area contributed by atoms with Crippen molar-refractivity contribution >= 4 is 0 Å². The lowest BCUT2D eigenvalue weighted by Gasteiger charge is -2.48. The fourth-order valence-electron chi connectivity index (χ4n) is 2.65. The Hall–Kier alpha value is -1.71. The second-order valence-corrected chi connectivity index (χ2v) is 5.18. The molecule has 0 aromatic heterocycles. The van der Waals surface area contributed by atoms with E-state index in [-0.39, 0.29) is 12.6 Å². The van der Waals surface area contributed by atoms with Crippen LogP contribution in [0.25, 0.3) is 0 Å². The number of allylic oxidation sites excluding steroid dienone is 2. The van der Waals surface area contributed by atoms with Crippen LogP contribution in [0.4, 0.5) is 4.39 Å². The minimum Gasteiger partial charge on any atom is -0.327 e. The maximum atomic E-state index is 14.1. The van der Waals surface area contributed by atoms with Crippen molar-refractivity contribution in [3.05, 3.63) is 72.9 Å². The van der Waals surface area contributed by atoms with Crippen LogP contribution < -0.4 is 5.73 Å². The Bertz CT molecular complexity index is 501. The SMILES string of the molecule is C=C/C=C(\C=C)C(c1ccccc1)N1CC(F)(CN)C1. The molecule has 2 N–H and O–H groups in total. The van der Waals surface area contributed by atoms with Gasteiger partial charge in [0.1, 0.15) is 5.67 Å². The maximum absolute atomic E-state index is 14.1. The number of alkyl halides is 1. The number of benzene rings is 1.